The van der Waals surface area contributed by atoms with Gasteiger partial charge in [-0.3, -0.25) is 4.79 Å². The fourth-order valence-electron chi connectivity index (χ4n) is 2.38. The number of aromatic hydroxyl groups is 1. The van der Waals surface area contributed by atoms with Gasteiger partial charge < -0.3 is 14.6 Å². The monoisotopic (exact) mass is 356 g/mol. The highest BCUT2D eigenvalue weighted by molar-refractivity contribution is 5.83. The average molecular weight is 356 g/mol. The first-order chi connectivity index (χ1) is 12.5. The third-order valence-electron chi connectivity index (χ3n) is 4.03. The molecule has 0 radical (unpaired) electrons. The number of nitrogens with one attached hydrogen (secondary N) is 1. The van der Waals surface area contributed by atoms with Crippen molar-refractivity contribution in [2.24, 2.45) is 5.10 Å². The Morgan fingerprint density at radius 1 is 1.27 bits per heavy atom. The lowest BCUT2D eigenvalue weighted by Gasteiger charge is -2.15. The highest BCUT2D eigenvalue weighted by atomic mass is 16.5. The summed E-state index contributed by atoms with van der Waals surface area (Å²) in [4.78, 5) is 11.9. The maximum atomic E-state index is 11.9. The van der Waals surface area contributed by atoms with Crippen molar-refractivity contribution in [3.8, 4) is 17.2 Å². The number of nitrogens with zero attached hydrogens (tertiary/aromatic N) is 1. The number of phenols is 1. The summed E-state index contributed by atoms with van der Waals surface area (Å²) in [7, 11) is 1.47. The minimum absolute atomic E-state index is 0.00719. The molecule has 0 aliphatic heterocycles. The maximum absolute atomic E-state index is 11.9. The zero-order valence-corrected chi connectivity index (χ0v) is 15.2. The molecule has 26 heavy (non-hydrogen) atoms. The van der Waals surface area contributed by atoms with E-state index in [0.29, 0.717) is 23.0 Å². The first-order valence-electron chi connectivity index (χ1n) is 8.45. The van der Waals surface area contributed by atoms with Crippen LogP contribution < -0.4 is 14.9 Å². The molecule has 0 saturated heterocycles. The number of hydrogen-bond donors (Lipinski definition) is 2. The lowest BCUT2D eigenvalue weighted by molar-refractivity contribution is -0.123. The van der Waals surface area contributed by atoms with Gasteiger partial charge in [0.15, 0.2) is 18.1 Å². The molecule has 0 fully saturated rings. The van der Waals surface area contributed by atoms with E-state index >= 15 is 0 Å². The van der Waals surface area contributed by atoms with E-state index in [4.69, 9.17) is 9.47 Å². The molecule has 2 aromatic carbocycles. The molecule has 138 valence electrons. The molecule has 0 aliphatic carbocycles. The fraction of sp³-hybridized carbons (Fsp3) is 0.300. The lowest BCUT2D eigenvalue weighted by Crippen LogP contribution is -2.24. The van der Waals surface area contributed by atoms with Gasteiger partial charge in [0.05, 0.1) is 13.3 Å². The van der Waals surface area contributed by atoms with Crippen molar-refractivity contribution >= 4 is 12.1 Å². The summed E-state index contributed by atoms with van der Waals surface area (Å²) in [6.45, 7) is 4.11. The number of hydrazone groups is 1. The van der Waals surface area contributed by atoms with Gasteiger partial charge in [-0.25, -0.2) is 5.43 Å². The molecule has 1 amide bonds. The van der Waals surface area contributed by atoms with E-state index in [-0.39, 0.29) is 18.3 Å². The van der Waals surface area contributed by atoms with Crippen molar-refractivity contribution in [3.63, 3.8) is 0 Å². The Morgan fingerprint density at radius 3 is 2.73 bits per heavy atom. The number of phenolic OH excluding ortho intramolecular Hbond substituents is 1. The second-order valence-corrected chi connectivity index (χ2v) is 5.86. The second-order valence-electron chi connectivity index (χ2n) is 5.86. The molecule has 6 heteroatoms. The third-order valence-corrected chi connectivity index (χ3v) is 4.03. The summed E-state index contributed by atoms with van der Waals surface area (Å²) in [6.07, 6.45) is 2.43. The van der Waals surface area contributed by atoms with Crippen molar-refractivity contribution in [1.82, 2.24) is 5.43 Å². The molecule has 0 spiro atoms. The van der Waals surface area contributed by atoms with E-state index in [1.807, 2.05) is 24.3 Å². The molecule has 2 rings (SSSR count). The van der Waals surface area contributed by atoms with Crippen molar-refractivity contribution in [3.05, 3.63) is 53.6 Å². The van der Waals surface area contributed by atoms with Crippen LogP contribution >= 0.6 is 0 Å². The highest BCUT2D eigenvalue weighted by Gasteiger charge is 2.10. The summed E-state index contributed by atoms with van der Waals surface area (Å²) in [6, 6.07) is 12.5. The van der Waals surface area contributed by atoms with Crippen LogP contribution in [-0.4, -0.2) is 30.9 Å². The van der Waals surface area contributed by atoms with Gasteiger partial charge in [0.2, 0.25) is 0 Å². The summed E-state index contributed by atoms with van der Waals surface area (Å²) in [5, 5.41) is 13.6. The van der Waals surface area contributed by atoms with Gasteiger partial charge in [-0.1, -0.05) is 32.0 Å². The summed E-state index contributed by atoms with van der Waals surface area (Å²) >= 11 is 0. The number of ether oxygens (including phenoxy) is 2. The molecule has 1 unspecified atom stereocenters. The van der Waals surface area contributed by atoms with Crippen LogP contribution in [0.15, 0.2) is 47.6 Å². The number of para-hydroxylation sites is 1. The lowest BCUT2D eigenvalue weighted by atomic mass is 9.98. The Labute approximate surface area is 153 Å². The zero-order valence-electron chi connectivity index (χ0n) is 15.2. The van der Waals surface area contributed by atoms with Crippen LogP contribution in [0.1, 0.15) is 37.3 Å². The minimum Gasteiger partial charge on any atom is -0.504 e. The number of rotatable bonds is 8. The molecular weight excluding hydrogens is 332 g/mol. The third kappa shape index (κ3) is 5.24. The molecule has 0 bridgehead atoms. The molecule has 0 aliphatic rings. The Balaban J connectivity index is 1.89. The number of amides is 1. The SMILES string of the molecule is CCC(C)c1ccccc1OCC(=O)N/N=C/c1ccc(OC)c(O)c1. The van der Waals surface area contributed by atoms with E-state index in [9.17, 15) is 9.90 Å². The van der Waals surface area contributed by atoms with Gasteiger partial charge in [-0.15, -0.1) is 0 Å². The van der Waals surface area contributed by atoms with Gasteiger partial charge in [0.25, 0.3) is 5.91 Å². The topological polar surface area (TPSA) is 80.2 Å². The average Bonchev–Trinajstić information content (AvgIpc) is 2.66. The Morgan fingerprint density at radius 2 is 2.04 bits per heavy atom. The fourth-order valence-corrected chi connectivity index (χ4v) is 2.38. The Kier molecular flexibility index (Phi) is 7.02. The predicted octanol–water partition coefficient (Wildman–Crippen LogP) is 3.44. The largest absolute Gasteiger partial charge is 0.504 e. The minimum atomic E-state index is -0.363. The normalized spacial score (nSPS) is 12.0. The summed E-state index contributed by atoms with van der Waals surface area (Å²) < 4.78 is 10.6. The Bertz CT molecular complexity index is 774. The molecule has 0 aromatic heterocycles. The van der Waals surface area contributed by atoms with Crippen molar-refractivity contribution in [2.75, 3.05) is 13.7 Å². The van der Waals surface area contributed by atoms with E-state index in [1.165, 1.54) is 19.4 Å². The van der Waals surface area contributed by atoms with E-state index in [1.54, 1.807) is 12.1 Å². The molecule has 1 atom stereocenters. The standard InChI is InChI=1S/C20H24N2O4/c1-4-14(2)16-7-5-6-8-18(16)26-13-20(24)22-21-12-15-9-10-19(25-3)17(23)11-15/h5-12,14,23H,4,13H2,1-3H3,(H,22,24)/b21-12+. The van der Waals surface area contributed by atoms with Gasteiger partial charge in [0.1, 0.15) is 5.75 Å². The predicted molar refractivity (Wildman–Crippen MR) is 101 cm³/mol. The number of carbonyl (C=O) groups excluding carboxylic acids is 1. The maximum Gasteiger partial charge on any atom is 0.277 e. The van der Waals surface area contributed by atoms with Crippen LogP contribution in [0.3, 0.4) is 0 Å². The molecule has 0 heterocycles. The molecule has 0 saturated carbocycles. The molecular formula is C20H24N2O4. The van der Waals surface area contributed by atoms with Gasteiger partial charge in [0, 0.05) is 0 Å². The van der Waals surface area contributed by atoms with Gasteiger partial charge in [-0.2, -0.15) is 5.10 Å². The number of benzene rings is 2. The Hall–Kier alpha value is -3.02. The first-order valence-corrected chi connectivity index (χ1v) is 8.45. The van der Waals surface area contributed by atoms with Crippen LogP contribution in [0.4, 0.5) is 0 Å². The zero-order chi connectivity index (χ0) is 18.9. The summed E-state index contributed by atoms with van der Waals surface area (Å²) in [5.41, 5.74) is 4.12. The van der Waals surface area contributed by atoms with E-state index in [2.05, 4.69) is 24.4 Å². The summed E-state index contributed by atoms with van der Waals surface area (Å²) in [5.74, 6) is 1.08. The second kappa shape index (κ2) is 9.46. The van der Waals surface area contributed by atoms with Crippen LogP contribution in [0.2, 0.25) is 0 Å². The number of methoxy groups -OCH3 is 1. The van der Waals surface area contributed by atoms with Crippen molar-refractivity contribution in [2.45, 2.75) is 26.2 Å². The highest BCUT2D eigenvalue weighted by Crippen LogP contribution is 2.28. The smallest absolute Gasteiger partial charge is 0.277 e. The van der Waals surface area contributed by atoms with Crippen molar-refractivity contribution in [1.29, 1.82) is 0 Å². The van der Waals surface area contributed by atoms with Crippen LogP contribution in [0.5, 0.6) is 17.2 Å². The van der Waals surface area contributed by atoms with Crippen molar-refractivity contribution < 1.29 is 19.4 Å². The van der Waals surface area contributed by atoms with Crippen LogP contribution in [-0.2, 0) is 4.79 Å². The van der Waals surface area contributed by atoms with Crippen LogP contribution in [0.25, 0.3) is 0 Å². The quantitative estimate of drug-likeness (QED) is 0.561. The van der Waals surface area contributed by atoms with Gasteiger partial charge >= 0.3 is 0 Å². The first kappa shape index (κ1) is 19.3. The number of hydrogen-bond acceptors (Lipinski definition) is 5. The molecule has 2 aromatic rings. The van der Waals surface area contributed by atoms with Crippen LogP contribution in [0, 0.1) is 0 Å². The molecule has 2 N–H and O–H groups in total. The molecule has 6 nitrogen and oxygen atoms in total. The number of carbonyl (C=O) groups is 1. The van der Waals surface area contributed by atoms with Gasteiger partial charge in [-0.05, 0) is 47.7 Å². The van der Waals surface area contributed by atoms with E-state index < -0.39 is 0 Å². The van der Waals surface area contributed by atoms with E-state index in [0.717, 1.165) is 12.0 Å².